The second-order valence-corrected chi connectivity index (χ2v) is 3.71. The Balaban J connectivity index is 2.58. The first kappa shape index (κ1) is 13.3. The van der Waals surface area contributed by atoms with Gasteiger partial charge in [0.25, 0.3) is 0 Å². The molecule has 0 atom stereocenters. The van der Waals surface area contributed by atoms with Crippen molar-refractivity contribution >= 4 is 11.6 Å². The van der Waals surface area contributed by atoms with Crippen LogP contribution >= 0.6 is 11.6 Å². The van der Waals surface area contributed by atoms with E-state index >= 15 is 0 Å². The molecule has 0 N–H and O–H groups in total. The number of rotatable bonds is 5. The summed E-state index contributed by atoms with van der Waals surface area (Å²) in [5.41, 5.74) is 0.608. The number of alkyl halides is 4. The topological polar surface area (TPSA) is 16.1 Å². The molecule has 0 bridgehead atoms. The molecule has 0 aromatic carbocycles. The van der Waals surface area contributed by atoms with Crippen molar-refractivity contribution in [1.29, 1.82) is 0 Å². The number of nitrogens with zero attached hydrogens (tertiary/aromatic N) is 2. The molecule has 0 unspecified atom stereocenters. The van der Waals surface area contributed by atoms with E-state index in [2.05, 4.69) is 4.98 Å². The highest BCUT2D eigenvalue weighted by Crippen LogP contribution is 2.17. The Morgan fingerprint density at radius 1 is 1.31 bits per heavy atom. The van der Waals surface area contributed by atoms with E-state index in [0.717, 1.165) is 0 Å². The molecule has 0 amide bonds. The maximum atomic E-state index is 12.2. The van der Waals surface area contributed by atoms with E-state index in [1.807, 2.05) is 0 Å². The lowest BCUT2D eigenvalue weighted by atomic mass is 10.3. The molecule has 1 rings (SSSR count). The smallest absolute Gasteiger partial charge is 0.288 e. The average molecular weight is 253 g/mol. The van der Waals surface area contributed by atoms with Gasteiger partial charge in [-0.3, -0.25) is 9.88 Å². The zero-order chi connectivity index (χ0) is 12.0. The summed E-state index contributed by atoms with van der Waals surface area (Å²) in [6.45, 7) is -0.610. The number of halogens is 4. The Hall–Kier alpha value is -0.810. The lowest BCUT2D eigenvalue weighted by Crippen LogP contribution is -2.35. The Kier molecular flexibility index (Phi) is 5.02. The molecular weight excluding hydrogens is 241 g/mol. The summed E-state index contributed by atoms with van der Waals surface area (Å²) >= 11 is 5.46. The lowest BCUT2D eigenvalue weighted by Gasteiger charge is -2.22. The van der Waals surface area contributed by atoms with Gasteiger partial charge in [0.05, 0.1) is 12.2 Å². The standard InChI is InChI=1S/C10H12ClF3N2/c11-4-6-16(8-10(12,13)14)7-9-3-1-2-5-15-9/h1-3,5H,4,6-8H2. The molecule has 0 aliphatic carbocycles. The van der Waals surface area contributed by atoms with Crippen LogP contribution in [0.4, 0.5) is 13.2 Å². The van der Waals surface area contributed by atoms with Crippen LogP contribution in [0, 0.1) is 0 Å². The molecule has 0 saturated heterocycles. The molecule has 1 aromatic rings. The SMILES string of the molecule is FC(F)(F)CN(CCCl)Cc1ccccn1. The van der Waals surface area contributed by atoms with E-state index in [1.54, 1.807) is 24.4 Å². The normalized spacial score (nSPS) is 12.1. The maximum Gasteiger partial charge on any atom is 0.401 e. The quantitative estimate of drug-likeness (QED) is 0.749. The Bertz CT molecular complexity index is 303. The van der Waals surface area contributed by atoms with E-state index in [4.69, 9.17) is 11.6 Å². The number of hydrogen-bond acceptors (Lipinski definition) is 2. The number of pyridine rings is 1. The number of hydrogen-bond donors (Lipinski definition) is 0. The largest absolute Gasteiger partial charge is 0.401 e. The van der Waals surface area contributed by atoms with Gasteiger partial charge < -0.3 is 0 Å². The van der Waals surface area contributed by atoms with Crippen LogP contribution in [0.1, 0.15) is 5.69 Å². The van der Waals surface area contributed by atoms with Gasteiger partial charge in [-0.2, -0.15) is 13.2 Å². The molecule has 0 aliphatic heterocycles. The van der Waals surface area contributed by atoms with Crippen molar-refractivity contribution in [1.82, 2.24) is 9.88 Å². The van der Waals surface area contributed by atoms with Crippen LogP contribution in [-0.4, -0.2) is 35.0 Å². The highest BCUT2D eigenvalue weighted by atomic mass is 35.5. The zero-order valence-corrected chi connectivity index (χ0v) is 9.30. The molecular formula is C10H12ClF3N2. The predicted molar refractivity (Wildman–Crippen MR) is 56.3 cm³/mol. The van der Waals surface area contributed by atoms with E-state index in [9.17, 15) is 13.2 Å². The van der Waals surface area contributed by atoms with E-state index < -0.39 is 12.7 Å². The van der Waals surface area contributed by atoms with Crippen molar-refractivity contribution in [3.05, 3.63) is 30.1 Å². The second-order valence-electron chi connectivity index (χ2n) is 3.34. The summed E-state index contributed by atoms with van der Waals surface area (Å²) in [6.07, 6.45) is -2.65. The van der Waals surface area contributed by atoms with Gasteiger partial charge in [0.15, 0.2) is 0 Å². The van der Waals surface area contributed by atoms with Crippen molar-refractivity contribution in [3.63, 3.8) is 0 Å². The van der Waals surface area contributed by atoms with E-state index in [0.29, 0.717) is 5.69 Å². The molecule has 0 radical (unpaired) electrons. The molecule has 0 aliphatic rings. The van der Waals surface area contributed by atoms with Crippen molar-refractivity contribution in [2.45, 2.75) is 12.7 Å². The first-order valence-corrected chi connectivity index (χ1v) is 5.30. The minimum absolute atomic E-state index is 0.160. The summed E-state index contributed by atoms with van der Waals surface area (Å²) in [5, 5.41) is 0. The van der Waals surface area contributed by atoms with Gasteiger partial charge in [0, 0.05) is 25.2 Å². The lowest BCUT2D eigenvalue weighted by molar-refractivity contribution is -0.146. The Morgan fingerprint density at radius 3 is 2.56 bits per heavy atom. The van der Waals surface area contributed by atoms with E-state index in [-0.39, 0.29) is 19.0 Å². The van der Waals surface area contributed by atoms with Crippen LogP contribution in [-0.2, 0) is 6.54 Å². The van der Waals surface area contributed by atoms with Crippen molar-refractivity contribution in [2.24, 2.45) is 0 Å². The molecule has 1 aromatic heterocycles. The van der Waals surface area contributed by atoms with Crippen LogP contribution in [0.25, 0.3) is 0 Å². The van der Waals surface area contributed by atoms with Gasteiger partial charge in [0.2, 0.25) is 0 Å². The van der Waals surface area contributed by atoms with Crippen molar-refractivity contribution in [3.8, 4) is 0 Å². The summed E-state index contributed by atoms with van der Waals surface area (Å²) in [6, 6.07) is 5.16. The summed E-state index contributed by atoms with van der Waals surface area (Å²) < 4.78 is 36.7. The van der Waals surface area contributed by atoms with Gasteiger partial charge in [-0.1, -0.05) is 6.07 Å². The van der Waals surface area contributed by atoms with Crippen molar-refractivity contribution < 1.29 is 13.2 Å². The first-order valence-electron chi connectivity index (χ1n) is 4.76. The third kappa shape index (κ3) is 5.32. The fourth-order valence-corrected chi connectivity index (χ4v) is 1.55. The molecule has 90 valence electrons. The highest BCUT2D eigenvalue weighted by molar-refractivity contribution is 6.18. The monoisotopic (exact) mass is 252 g/mol. The van der Waals surface area contributed by atoms with Gasteiger partial charge in [-0.15, -0.1) is 11.6 Å². The minimum Gasteiger partial charge on any atom is -0.288 e. The first-order chi connectivity index (χ1) is 7.51. The maximum absolute atomic E-state index is 12.2. The van der Waals surface area contributed by atoms with Gasteiger partial charge in [-0.05, 0) is 12.1 Å². The molecule has 1 heterocycles. The predicted octanol–water partition coefficient (Wildman–Crippen LogP) is 2.68. The second kappa shape index (κ2) is 6.06. The van der Waals surface area contributed by atoms with E-state index in [1.165, 1.54) is 4.90 Å². The van der Waals surface area contributed by atoms with Crippen LogP contribution in [0.5, 0.6) is 0 Å². The average Bonchev–Trinajstić information content (AvgIpc) is 2.17. The van der Waals surface area contributed by atoms with Gasteiger partial charge in [0.1, 0.15) is 0 Å². The zero-order valence-electron chi connectivity index (χ0n) is 8.54. The summed E-state index contributed by atoms with van der Waals surface area (Å²) in [4.78, 5) is 5.21. The fraction of sp³-hybridized carbons (Fsp3) is 0.500. The fourth-order valence-electron chi connectivity index (χ4n) is 1.31. The molecule has 6 heteroatoms. The van der Waals surface area contributed by atoms with Crippen LogP contribution in [0.15, 0.2) is 24.4 Å². The molecule has 16 heavy (non-hydrogen) atoms. The van der Waals surface area contributed by atoms with Crippen LogP contribution in [0.2, 0.25) is 0 Å². The third-order valence-electron chi connectivity index (χ3n) is 1.92. The summed E-state index contributed by atoms with van der Waals surface area (Å²) in [5.74, 6) is 0.170. The van der Waals surface area contributed by atoms with Gasteiger partial charge in [-0.25, -0.2) is 0 Å². The summed E-state index contributed by atoms with van der Waals surface area (Å²) in [7, 11) is 0. The highest BCUT2D eigenvalue weighted by Gasteiger charge is 2.30. The van der Waals surface area contributed by atoms with Crippen LogP contribution < -0.4 is 0 Å². The molecule has 0 saturated carbocycles. The third-order valence-corrected chi connectivity index (χ3v) is 2.08. The Labute approximate surface area is 97.0 Å². The Morgan fingerprint density at radius 2 is 2.06 bits per heavy atom. The van der Waals surface area contributed by atoms with Gasteiger partial charge >= 0.3 is 6.18 Å². The van der Waals surface area contributed by atoms with Crippen molar-refractivity contribution in [2.75, 3.05) is 19.0 Å². The number of aromatic nitrogens is 1. The van der Waals surface area contributed by atoms with Crippen LogP contribution in [0.3, 0.4) is 0 Å². The molecule has 0 spiro atoms. The molecule has 2 nitrogen and oxygen atoms in total. The molecule has 0 fully saturated rings. The minimum atomic E-state index is -4.21.